The van der Waals surface area contributed by atoms with Crippen LogP contribution in [0.4, 0.5) is 0 Å². The van der Waals surface area contributed by atoms with Crippen molar-refractivity contribution in [3.8, 4) is 0 Å². The van der Waals surface area contributed by atoms with Crippen LogP contribution >= 0.6 is 0 Å². The van der Waals surface area contributed by atoms with Gasteiger partial charge in [-0.2, -0.15) is 0 Å². The molecule has 10 nitrogen and oxygen atoms in total. The van der Waals surface area contributed by atoms with Gasteiger partial charge in [0.05, 0.1) is 18.6 Å². The molecule has 0 spiro atoms. The molecule has 1 saturated heterocycles. The Labute approximate surface area is 191 Å². The van der Waals surface area contributed by atoms with Gasteiger partial charge < -0.3 is 24.8 Å². The van der Waals surface area contributed by atoms with Crippen molar-refractivity contribution in [1.29, 1.82) is 0 Å². The summed E-state index contributed by atoms with van der Waals surface area (Å²) in [7, 11) is 5.64. The molecule has 180 valence electrons. The Hall–Kier alpha value is -2.20. The second kappa shape index (κ2) is 11.6. The zero-order valence-corrected chi connectivity index (χ0v) is 20.2. The van der Waals surface area contributed by atoms with Crippen molar-refractivity contribution in [3.05, 3.63) is 11.6 Å². The number of aryl methyl sites for hydroxylation is 1. The first-order chi connectivity index (χ1) is 15.4. The summed E-state index contributed by atoms with van der Waals surface area (Å²) in [6, 6.07) is 0. The number of nitrogens with zero attached hydrogens (tertiary/aromatic N) is 6. The third-order valence-corrected chi connectivity index (χ3v) is 6.62. The van der Waals surface area contributed by atoms with Gasteiger partial charge in [-0.3, -0.25) is 9.69 Å². The summed E-state index contributed by atoms with van der Waals surface area (Å²) in [5, 5.41) is 15.3. The third-order valence-electron chi connectivity index (χ3n) is 6.62. The molecule has 3 rings (SSSR count). The number of amides is 1. The van der Waals surface area contributed by atoms with Gasteiger partial charge in [0.15, 0.2) is 11.8 Å². The first-order valence-electron chi connectivity index (χ1n) is 11.8. The maximum absolute atomic E-state index is 12.9. The molecule has 2 N–H and O–H groups in total. The van der Waals surface area contributed by atoms with E-state index in [0.29, 0.717) is 13.1 Å². The molecule has 1 amide bonds. The zero-order chi connectivity index (χ0) is 23.0. The molecule has 32 heavy (non-hydrogen) atoms. The van der Waals surface area contributed by atoms with Crippen molar-refractivity contribution >= 4 is 11.9 Å². The minimum Gasteiger partial charge on any atom is -0.379 e. The lowest BCUT2D eigenvalue weighted by Gasteiger charge is -2.31. The van der Waals surface area contributed by atoms with Crippen molar-refractivity contribution in [2.75, 3.05) is 60.0 Å². The molecule has 1 aliphatic heterocycles. The average molecular weight is 449 g/mol. The van der Waals surface area contributed by atoms with Crippen LogP contribution in [0.25, 0.3) is 0 Å². The summed E-state index contributed by atoms with van der Waals surface area (Å²) in [5.41, 5.74) is -0.346. The lowest BCUT2D eigenvalue weighted by Crippen LogP contribution is -2.49. The number of carbonyl (C=O) groups excluding carboxylic acids is 1. The highest BCUT2D eigenvalue weighted by atomic mass is 16.5. The van der Waals surface area contributed by atoms with Gasteiger partial charge in [0.1, 0.15) is 12.4 Å². The van der Waals surface area contributed by atoms with Gasteiger partial charge >= 0.3 is 0 Å². The standard InChI is InChI=1S/C22H40N8O2/c1-18-26-27-19(29(18)4)16-24-21(23-10-7-11-30-12-14-32-15-13-30)25-17-22(8-5-6-9-22)20(31)28(2)3/h5-17H2,1-4H3,(H2,23,24,25). The number of aliphatic imine (C=N–C) groups is 1. The van der Waals surface area contributed by atoms with Gasteiger partial charge in [0.2, 0.25) is 5.91 Å². The summed E-state index contributed by atoms with van der Waals surface area (Å²) in [4.78, 5) is 21.8. The smallest absolute Gasteiger partial charge is 0.230 e. The Morgan fingerprint density at radius 1 is 1.19 bits per heavy atom. The SMILES string of the molecule is Cc1nnc(CN=C(NCCCN2CCOCC2)NCC2(C(=O)N(C)C)CCCC2)n1C. The molecule has 0 unspecified atom stereocenters. The van der Waals surface area contributed by atoms with Crippen LogP contribution in [0.15, 0.2) is 4.99 Å². The Balaban J connectivity index is 1.60. The van der Waals surface area contributed by atoms with Crippen LogP contribution in [-0.2, 0) is 23.1 Å². The summed E-state index contributed by atoms with van der Waals surface area (Å²) < 4.78 is 7.38. The van der Waals surface area contributed by atoms with Crippen LogP contribution in [0.2, 0.25) is 0 Å². The quantitative estimate of drug-likeness (QED) is 0.323. The Kier molecular flexibility index (Phi) is 8.86. The van der Waals surface area contributed by atoms with Crippen LogP contribution in [0, 0.1) is 12.3 Å². The molecule has 0 radical (unpaired) electrons. The van der Waals surface area contributed by atoms with E-state index in [-0.39, 0.29) is 11.3 Å². The second-order valence-corrected chi connectivity index (χ2v) is 9.16. The van der Waals surface area contributed by atoms with Crippen LogP contribution in [0.1, 0.15) is 43.8 Å². The maximum Gasteiger partial charge on any atom is 0.230 e. The van der Waals surface area contributed by atoms with Gasteiger partial charge in [0, 0.05) is 47.3 Å². The molecule has 2 heterocycles. The van der Waals surface area contributed by atoms with Gasteiger partial charge in [-0.05, 0) is 32.7 Å². The molecule has 0 aromatic carbocycles. The van der Waals surface area contributed by atoms with E-state index in [1.807, 2.05) is 32.6 Å². The van der Waals surface area contributed by atoms with Crippen molar-refractivity contribution < 1.29 is 9.53 Å². The fourth-order valence-corrected chi connectivity index (χ4v) is 4.49. The van der Waals surface area contributed by atoms with E-state index in [1.165, 1.54) is 0 Å². The molecular weight excluding hydrogens is 408 g/mol. The maximum atomic E-state index is 12.9. The molecule has 10 heteroatoms. The van der Waals surface area contributed by atoms with E-state index in [0.717, 1.165) is 89.1 Å². The highest BCUT2D eigenvalue weighted by molar-refractivity contribution is 5.85. The minimum absolute atomic E-state index is 0.207. The van der Waals surface area contributed by atoms with Gasteiger partial charge in [-0.15, -0.1) is 10.2 Å². The van der Waals surface area contributed by atoms with Crippen LogP contribution < -0.4 is 10.6 Å². The van der Waals surface area contributed by atoms with E-state index in [9.17, 15) is 4.79 Å². The third kappa shape index (κ3) is 6.41. The Morgan fingerprint density at radius 3 is 2.53 bits per heavy atom. The summed E-state index contributed by atoms with van der Waals surface area (Å²) in [6.45, 7) is 8.45. The van der Waals surface area contributed by atoms with E-state index in [4.69, 9.17) is 9.73 Å². The van der Waals surface area contributed by atoms with E-state index >= 15 is 0 Å². The lowest BCUT2D eigenvalue weighted by molar-refractivity contribution is -0.138. The van der Waals surface area contributed by atoms with E-state index in [1.54, 1.807) is 4.90 Å². The number of morpholine rings is 1. The monoisotopic (exact) mass is 448 g/mol. The van der Waals surface area contributed by atoms with E-state index in [2.05, 4.69) is 25.7 Å². The average Bonchev–Trinajstić information content (AvgIpc) is 3.40. The Bertz CT molecular complexity index is 764. The molecule has 0 bridgehead atoms. The molecule has 1 saturated carbocycles. The lowest BCUT2D eigenvalue weighted by atomic mass is 9.84. The normalized spacial score (nSPS) is 19.2. The van der Waals surface area contributed by atoms with Crippen molar-refractivity contribution in [3.63, 3.8) is 0 Å². The van der Waals surface area contributed by atoms with Gasteiger partial charge in [0.25, 0.3) is 0 Å². The van der Waals surface area contributed by atoms with Crippen molar-refractivity contribution in [1.82, 2.24) is 35.2 Å². The number of hydrogen-bond donors (Lipinski definition) is 2. The topological polar surface area (TPSA) is 99.9 Å². The van der Waals surface area contributed by atoms with Crippen LogP contribution in [0.3, 0.4) is 0 Å². The minimum atomic E-state index is -0.346. The predicted octanol–water partition coefficient (Wildman–Crippen LogP) is 0.530. The molecule has 1 aromatic rings. The second-order valence-electron chi connectivity index (χ2n) is 9.16. The van der Waals surface area contributed by atoms with Gasteiger partial charge in [-0.25, -0.2) is 4.99 Å². The number of ether oxygens (including phenoxy) is 1. The first-order valence-corrected chi connectivity index (χ1v) is 11.8. The number of nitrogens with one attached hydrogen (secondary N) is 2. The highest BCUT2D eigenvalue weighted by Gasteiger charge is 2.42. The number of hydrogen-bond acceptors (Lipinski definition) is 6. The predicted molar refractivity (Wildman–Crippen MR) is 124 cm³/mol. The Morgan fingerprint density at radius 2 is 1.91 bits per heavy atom. The molecule has 0 atom stereocenters. The highest BCUT2D eigenvalue weighted by Crippen LogP contribution is 2.38. The van der Waals surface area contributed by atoms with Crippen LogP contribution in [-0.4, -0.2) is 96.5 Å². The fourth-order valence-electron chi connectivity index (χ4n) is 4.49. The van der Waals surface area contributed by atoms with Gasteiger partial charge in [-0.1, -0.05) is 12.8 Å². The number of guanidine groups is 1. The summed E-state index contributed by atoms with van der Waals surface area (Å²) >= 11 is 0. The molecular formula is C22H40N8O2. The fraction of sp³-hybridized carbons (Fsp3) is 0.818. The molecule has 1 aromatic heterocycles. The molecule has 2 fully saturated rings. The largest absolute Gasteiger partial charge is 0.379 e. The number of rotatable bonds is 9. The van der Waals surface area contributed by atoms with Crippen LogP contribution in [0.5, 0.6) is 0 Å². The first kappa shape index (κ1) is 24.4. The summed E-state index contributed by atoms with van der Waals surface area (Å²) in [6.07, 6.45) is 5.05. The molecule has 1 aliphatic carbocycles. The molecule has 2 aliphatic rings. The van der Waals surface area contributed by atoms with E-state index < -0.39 is 0 Å². The van der Waals surface area contributed by atoms with Crippen molar-refractivity contribution in [2.24, 2.45) is 17.5 Å². The number of carbonyl (C=O) groups is 1. The zero-order valence-electron chi connectivity index (χ0n) is 20.2. The number of aromatic nitrogens is 3. The van der Waals surface area contributed by atoms with Crippen molar-refractivity contribution in [2.45, 2.75) is 45.6 Å². The summed E-state index contributed by atoms with van der Waals surface area (Å²) in [5.74, 6) is 2.62.